The zero-order valence-corrected chi connectivity index (χ0v) is 13.4. The molecule has 0 bridgehead atoms. The molecule has 2 aliphatic rings. The second kappa shape index (κ2) is 6.26. The summed E-state index contributed by atoms with van der Waals surface area (Å²) in [6.07, 6.45) is 2.10. The van der Waals surface area contributed by atoms with Crippen LogP contribution in [0.4, 0.5) is 4.39 Å². The third-order valence-electron chi connectivity index (χ3n) is 3.38. The molecule has 0 unspecified atom stereocenters. The quantitative estimate of drug-likeness (QED) is 0.756. The lowest BCUT2D eigenvalue weighted by molar-refractivity contribution is 0.625. The third-order valence-corrected chi connectivity index (χ3v) is 3.69. The Morgan fingerprint density at radius 3 is 2.95 bits per heavy atom. The molecule has 0 saturated heterocycles. The van der Waals surface area contributed by atoms with Crippen LogP contribution in [0.15, 0.2) is 23.2 Å². The third kappa shape index (κ3) is 3.51. The Bertz CT molecular complexity index is 495. The van der Waals surface area contributed by atoms with Gasteiger partial charge in [0, 0.05) is 25.0 Å². The fourth-order valence-corrected chi connectivity index (χ4v) is 2.39. The molecule has 2 N–H and O–H groups in total. The van der Waals surface area contributed by atoms with Crippen LogP contribution in [0.3, 0.4) is 0 Å². The Kier molecular flexibility index (Phi) is 4.89. The van der Waals surface area contributed by atoms with E-state index in [4.69, 9.17) is 11.6 Å². The molecule has 0 spiro atoms. The second-order valence-electron chi connectivity index (χ2n) is 4.78. The largest absolute Gasteiger partial charge is 0.356 e. The molecule has 1 saturated carbocycles. The lowest BCUT2D eigenvalue weighted by Crippen LogP contribution is -2.42. The molecular formula is C13H16ClFIN3. The monoisotopic (exact) mass is 395 g/mol. The van der Waals surface area contributed by atoms with Gasteiger partial charge in [-0.15, -0.1) is 24.0 Å². The molecule has 19 heavy (non-hydrogen) atoms. The number of hydrogen-bond donors (Lipinski definition) is 2. The van der Waals surface area contributed by atoms with Gasteiger partial charge in [0.25, 0.3) is 0 Å². The number of nitrogens with one attached hydrogen (secondary N) is 2. The van der Waals surface area contributed by atoms with E-state index < -0.39 is 0 Å². The van der Waals surface area contributed by atoms with Crippen LogP contribution in [0.5, 0.6) is 0 Å². The number of nitrogens with zero attached hydrogens (tertiary/aromatic N) is 1. The number of benzene rings is 1. The van der Waals surface area contributed by atoms with E-state index in [1.807, 2.05) is 6.07 Å². The topological polar surface area (TPSA) is 36.4 Å². The van der Waals surface area contributed by atoms with Crippen molar-refractivity contribution in [1.29, 1.82) is 0 Å². The molecule has 1 aliphatic carbocycles. The van der Waals surface area contributed by atoms with Gasteiger partial charge in [-0.3, -0.25) is 4.99 Å². The van der Waals surface area contributed by atoms with E-state index in [-0.39, 0.29) is 34.8 Å². The highest BCUT2D eigenvalue weighted by molar-refractivity contribution is 14.0. The van der Waals surface area contributed by atoms with Gasteiger partial charge in [-0.1, -0.05) is 17.7 Å². The number of guanidine groups is 1. The highest BCUT2D eigenvalue weighted by Crippen LogP contribution is 2.41. The summed E-state index contributed by atoms with van der Waals surface area (Å²) >= 11 is 5.68. The lowest BCUT2D eigenvalue weighted by Gasteiger charge is -2.16. The normalized spacial score (nSPS) is 24.8. The smallest absolute Gasteiger partial charge is 0.191 e. The maximum Gasteiger partial charge on any atom is 0.191 e. The van der Waals surface area contributed by atoms with Crippen LogP contribution >= 0.6 is 35.6 Å². The van der Waals surface area contributed by atoms with Crippen molar-refractivity contribution in [2.24, 2.45) is 4.99 Å². The zero-order valence-electron chi connectivity index (χ0n) is 10.3. The number of halogens is 3. The molecule has 3 nitrogen and oxygen atoms in total. The van der Waals surface area contributed by atoms with E-state index in [2.05, 4.69) is 15.6 Å². The summed E-state index contributed by atoms with van der Waals surface area (Å²) in [4.78, 5) is 4.37. The summed E-state index contributed by atoms with van der Waals surface area (Å²) in [7, 11) is 0. The molecule has 6 heteroatoms. The van der Waals surface area contributed by atoms with Gasteiger partial charge in [0.1, 0.15) is 5.82 Å². The van der Waals surface area contributed by atoms with E-state index in [0.29, 0.717) is 12.0 Å². The molecule has 2 atom stereocenters. The van der Waals surface area contributed by atoms with Gasteiger partial charge in [0.15, 0.2) is 5.96 Å². The summed E-state index contributed by atoms with van der Waals surface area (Å²) in [5.41, 5.74) is 1.01. The number of rotatable bonds is 2. The van der Waals surface area contributed by atoms with E-state index >= 15 is 0 Å². The first kappa shape index (κ1) is 14.8. The van der Waals surface area contributed by atoms with Crippen LogP contribution in [0.25, 0.3) is 0 Å². The molecular weight excluding hydrogens is 380 g/mol. The Morgan fingerprint density at radius 2 is 2.26 bits per heavy atom. The molecule has 1 fully saturated rings. The lowest BCUT2D eigenvalue weighted by atomic mass is 10.1. The highest BCUT2D eigenvalue weighted by atomic mass is 127. The van der Waals surface area contributed by atoms with Crippen LogP contribution in [-0.4, -0.2) is 25.1 Å². The van der Waals surface area contributed by atoms with Crippen molar-refractivity contribution in [1.82, 2.24) is 10.6 Å². The molecule has 104 valence electrons. The first-order valence-corrected chi connectivity index (χ1v) is 6.61. The van der Waals surface area contributed by atoms with E-state index in [0.717, 1.165) is 37.5 Å². The minimum absolute atomic E-state index is 0. The average Bonchev–Trinajstić information content (AvgIpc) is 3.13. The van der Waals surface area contributed by atoms with Crippen molar-refractivity contribution in [2.45, 2.75) is 24.8 Å². The highest BCUT2D eigenvalue weighted by Gasteiger charge is 2.39. The van der Waals surface area contributed by atoms with Gasteiger partial charge in [-0.25, -0.2) is 4.39 Å². The maximum absolute atomic E-state index is 13.4. The van der Waals surface area contributed by atoms with Crippen LogP contribution < -0.4 is 10.6 Å². The van der Waals surface area contributed by atoms with Crippen molar-refractivity contribution < 1.29 is 4.39 Å². The van der Waals surface area contributed by atoms with Gasteiger partial charge in [0.2, 0.25) is 0 Å². The van der Waals surface area contributed by atoms with Crippen molar-refractivity contribution in [2.75, 3.05) is 13.1 Å². The van der Waals surface area contributed by atoms with E-state index in [1.54, 1.807) is 6.07 Å². The average molecular weight is 396 g/mol. The summed E-state index contributed by atoms with van der Waals surface area (Å²) in [6.45, 7) is 1.85. The summed E-state index contributed by atoms with van der Waals surface area (Å²) in [5, 5.41) is 6.77. The fraction of sp³-hybridized carbons (Fsp3) is 0.462. The number of hydrogen-bond acceptors (Lipinski definition) is 3. The van der Waals surface area contributed by atoms with Gasteiger partial charge in [0.05, 0.1) is 5.02 Å². The number of aliphatic imine (C=N–C) groups is 1. The summed E-state index contributed by atoms with van der Waals surface area (Å²) in [6, 6.07) is 5.41. The van der Waals surface area contributed by atoms with Crippen LogP contribution in [-0.2, 0) is 0 Å². The summed E-state index contributed by atoms with van der Waals surface area (Å²) in [5.74, 6) is 0.902. The van der Waals surface area contributed by atoms with Gasteiger partial charge in [-0.2, -0.15) is 0 Å². The van der Waals surface area contributed by atoms with Crippen molar-refractivity contribution in [3.05, 3.63) is 34.6 Å². The van der Waals surface area contributed by atoms with Crippen LogP contribution in [0.2, 0.25) is 5.02 Å². The maximum atomic E-state index is 13.4. The van der Waals surface area contributed by atoms with Gasteiger partial charge in [-0.05, 0) is 30.5 Å². The summed E-state index contributed by atoms with van der Waals surface area (Å²) < 4.78 is 13.4. The Balaban J connectivity index is 0.00000133. The first-order valence-electron chi connectivity index (χ1n) is 6.24. The molecule has 0 amide bonds. The van der Waals surface area contributed by atoms with E-state index in [9.17, 15) is 4.39 Å². The van der Waals surface area contributed by atoms with Gasteiger partial charge < -0.3 is 10.6 Å². The van der Waals surface area contributed by atoms with Crippen molar-refractivity contribution in [3.8, 4) is 0 Å². The minimum Gasteiger partial charge on any atom is -0.356 e. The SMILES string of the molecule is Fc1cc([C@@H]2C[C@H]2NC2=NCCCN2)ccc1Cl.I. The molecule has 1 aliphatic heterocycles. The standard InChI is InChI=1S/C13H15ClFN3.HI/c14-10-3-2-8(6-11(10)15)9-7-12(9)18-13-16-4-1-5-17-13;/h2-3,6,9,12H,1,4-5,7H2,(H2,16,17,18);1H/t9-,12+;/m0./s1. The van der Waals surface area contributed by atoms with Gasteiger partial charge >= 0.3 is 0 Å². The molecule has 3 rings (SSSR count). The molecule has 0 aromatic heterocycles. The Labute approximate surface area is 134 Å². The van der Waals surface area contributed by atoms with Crippen LogP contribution in [0.1, 0.15) is 24.3 Å². The predicted octanol–water partition coefficient (Wildman–Crippen LogP) is 2.89. The fourth-order valence-electron chi connectivity index (χ4n) is 2.27. The first-order chi connectivity index (χ1) is 8.74. The molecule has 1 heterocycles. The van der Waals surface area contributed by atoms with Crippen LogP contribution in [0, 0.1) is 5.82 Å². The predicted molar refractivity (Wildman–Crippen MR) is 86.0 cm³/mol. The van der Waals surface area contributed by atoms with Crippen molar-refractivity contribution >= 4 is 41.5 Å². The van der Waals surface area contributed by atoms with Crippen molar-refractivity contribution in [3.63, 3.8) is 0 Å². The minimum atomic E-state index is -0.340. The Morgan fingerprint density at radius 1 is 1.42 bits per heavy atom. The Hall–Kier alpha value is -0.560. The second-order valence-corrected chi connectivity index (χ2v) is 5.18. The van der Waals surface area contributed by atoms with E-state index in [1.165, 1.54) is 6.07 Å². The molecule has 1 aromatic carbocycles. The molecule has 1 aromatic rings. The molecule has 0 radical (unpaired) electrons. The zero-order chi connectivity index (χ0) is 12.5.